The Morgan fingerprint density at radius 1 is 0.833 bits per heavy atom. The van der Waals surface area contributed by atoms with Gasteiger partial charge in [-0.1, -0.05) is 71.8 Å². The smallest absolute Gasteiger partial charge is 0.303 e. The van der Waals surface area contributed by atoms with Crippen LogP contribution < -0.4 is 0 Å². The number of hydrogen-bond donors (Lipinski definition) is 1. The summed E-state index contributed by atoms with van der Waals surface area (Å²) in [5.41, 5.74) is 2.17. The molecular weight excluding hydrogens is 521 g/mol. The number of halogens is 2. The maximum absolute atomic E-state index is 13.4. The number of rotatable bonds is 12. The zero-order valence-corrected chi connectivity index (χ0v) is 21.6. The third kappa shape index (κ3) is 8.03. The first-order chi connectivity index (χ1) is 17.1. The SMILES string of the molecule is O=C(O)CCC(=O)c1ccc(CCN(C/C=C/c2ccc(Cl)cc2)S(=O)(=O)c2ccc(Cl)cc2)cc1. The average molecular weight is 546 g/mol. The van der Waals surface area contributed by atoms with Gasteiger partial charge in [-0.25, -0.2) is 8.42 Å². The number of nitrogens with zero attached hydrogens (tertiary/aromatic N) is 1. The Kier molecular flexibility index (Phi) is 9.84. The van der Waals surface area contributed by atoms with Crippen LogP contribution in [0.3, 0.4) is 0 Å². The minimum atomic E-state index is -3.79. The molecule has 0 spiro atoms. The molecular formula is C27H25Cl2NO5S. The molecule has 3 aromatic carbocycles. The normalized spacial score (nSPS) is 11.8. The lowest BCUT2D eigenvalue weighted by molar-refractivity contribution is -0.136. The fourth-order valence-electron chi connectivity index (χ4n) is 3.42. The fraction of sp³-hybridized carbons (Fsp3) is 0.185. The lowest BCUT2D eigenvalue weighted by atomic mass is 10.0. The number of benzene rings is 3. The number of Topliss-reactive ketones (excluding diaryl/α,β-unsaturated/α-hetero) is 1. The monoisotopic (exact) mass is 545 g/mol. The molecule has 0 bridgehead atoms. The summed E-state index contributed by atoms with van der Waals surface area (Å²) in [7, 11) is -3.79. The van der Waals surface area contributed by atoms with Crippen molar-refractivity contribution < 1.29 is 23.1 Å². The molecule has 0 aliphatic rings. The summed E-state index contributed by atoms with van der Waals surface area (Å²) >= 11 is 11.9. The average Bonchev–Trinajstić information content (AvgIpc) is 2.86. The fourth-order valence-corrected chi connectivity index (χ4v) is 5.07. The van der Waals surface area contributed by atoms with Crippen LogP contribution in [0, 0.1) is 0 Å². The van der Waals surface area contributed by atoms with Crippen LogP contribution in [0.5, 0.6) is 0 Å². The van der Waals surface area contributed by atoms with Crippen LogP contribution in [0.4, 0.5) is 0 Å². The van der Waals surface area contributed by atoms with Gasteiger partial charge >= 0.3 is 5.97 Å². The third-order valence-electron chi connectivity index (χ3n) is 5.43. The Morgan fingerprint density at radius 2 is 1.42 bits per heavy atom. The van der Waals surface area contributed by atoms with E-state index in [0.29, 0.717) is 22.0 Å². The number of carboxylic acids is 1. The van der Waals surface area contributed by atoms with Crippen LogP contribution in [0.15, 0.2) is 83.8 Å². The summed E-state index contributed by atoms with van der Waals surface area (Å²) in [5.74, 6) is -1.27. The molecule has 0 radical (unpaired) electrons. The second-order valence-corrected chi connectivity index (χ2v) is 10.8. The summed E-state index contributed by atoms with van der Waals surface area (Å²) in [4.78, 5) is 22.9. The van der Waals surface area contributed by atoms with Crippen molar-refractivity contribution in [3.05, 3.63) is 106 Å². The van der Waals surface area contributed by atoms with Crippen LogP contribution in [-0.4, -0.2) is 42.7 Å². The maximum atomic E-state index is 13.4. The molecule has 3 rings (SSSR count). The van der Waals surface area contributed by atoms with E-state index >= 15 is 0 Å². The van der Waals surface area contributed by atoms with Crippen LogP contribution in [0.1, 0.15) is 34.3 Å². The number of aliphatic carboxylic acids is 1. The minimum absolute atomic E-state index is 0.0677. The van der Waals surface area contributed by atoms with E-state index in [0.717, 1.165) is 11.1 Å². The zero-order chi connectivity index (χ0) is 26.1. The first-order valence-corrected chi connectivity index (χ1v) is 13.4. The molecule has 0 aliphatic heterocycles. The summed E-state index contributed by atoms with van der Waals surface area (Å²) in [6.45, 7) is 0.363. The standard InChI is InChI=1S/C27H25Cl2NO5S/c28-23-9-5-20(6-10-23)2-1-18-30(36(34,35)25-13-11-24(29)12-14-25)19-17-21-3-7-22(8-4-21)26(31)15-16-27(32)33/h1-14H,15-19H2,(H,32,33)/b2-1+. The molecule has 0 atom stereocenters. The van der Waals surface area contributed by atoms with Gasteiger partial charge in [0, 0.05) is 35.1 Å². The van der Waals surface area contributed by atoms with E-state index in [9.17, 15) is 18.0 Å². The van der Waals surface area contributed by atoms with Gasteiger partial charge in [0.1, 0.15) is 0 Å². The third-order valence-corrected chi connectivity index (χ3v) is 7.82. The topological polar surface area (TPSA) is 91.8 Å². The van der Waals surface area contributed by atoms with E-state index in [-0.39, 0.29) is 36.6 Å². The summed E-state index contributed by atoms with van der Waals surface area (Å²) in [5, 5.41) is 9.82. The van der Waals surface area contributed by atoms with E-state index in [1.54, 1.807) is 42.5 Å². The van der Waals surface area contributed by atoms with E-state index in [2.05, 4.69) is 0 Å². The van der Waals surface area contributed by atoms with Crippen LogP contribution in [0.25, 0.3) is 6.08 Å². The van der Waals surface area contributed by atoms with Gasteiger partial charge in [0.2, 0.25) is 10.0 Å². The second-order valence-electron chi connectivity index (χ2n) is 8.03. The largest absolute Gasteiger partial charge is 0.481 e. The Hall–Kier alpha value is -2.97. The van der Waals surface area contributed by atoms with Crippen molar-refractivity contribution in [2.45, 2.75) is 24.2 Å². The molecule has 0 fully saturated rings. The highest BCUT2D eigenvalue weighted by Gasteiger charge is 2.23. The van der Waals surface area contributed by atoms with Crippen LogP contribution in [-0.2, 0) is 21.2 Å². The van der Waals surface area contributed by atoms with Crippen molar-refractivity contribution in [2.24, 2.45) is 0 Å². The van der Waals surface area contributed by atoms with E-state index < -0.39 is 16.0 Å². The van der Waals surface area contributed by atoms with Gasteiger partial charge in [-0.05, 0) is 53.9 Å². The predicted molar refractivity (Wildman–Crippen MR) is 142 cm³/mol. The summed E-state index contributed by atoms with van der Waals surface area (Å²) in [6, 6.07) is 20.0. The number of carboxylic acid groups (broad SMARTS) is 1. The van der Waals surface area contributed by atoms with Crippen LogP contribution >= 0.6 is 23.2 Å². The Bertz CT molecular complexity index is 1320. The second kappa shape index (κ2) is 12.8. The lowest BCUT2D eigenvalue weighted by Gasteiger charge is -2.21. The van der Waals surface area contributed by atoms with Crippen molar-refractivity contribution in [3.8, 4) is 0 Å². The van der Waals surface area contributed by atoms with Gasteiger partial charge in [0.15, 0.2) is 5.78 Å². The number of carbonyl (C=O) groups is 2. The van der Waals surface area contributed by atoms with Crippen molar-refractivity contribution >= 4 is 51.1 Å². The first-order valence-electron chi connectivity index (χ1n) is 11.2. The van der Waals surface area contributed by atoms with E-state index in [1.165, 1.54) is 28.6 Å². The molecule has 0 amide bonds. The minimum Gasteiger partial charge on any atom is -0.481 e. The lowest BCUT2D eigenvalue weighted by Crippen LogP contribution is -2.33. The van der Waals surface area contributed by atoms with Crippen molar-refractivity contribution in [1.29, 1.82) is 0 Å². The van der Waals surface area contributed by atoms with Gasteiger partial charge in [0.05, 0.1) is 11.3 Å². The summed E-state index contributed by atoms with van der Waals surface area (Å²) in [6.07, 6.45) is 3.74. The van der Waals surface area contributed by atoms with Gasteiger partial charge in [0.25, 0.3) is 0 Å². The molecule has 9 heteroatoms. The Balaban J connectivity index is 1.74. The Labute approximate surface area is 220 Å². The number of sulfonamides is 1. The zero-order valence-electron chi connectivity index (χ0n) is 19.3. The van der Waals surface area contributed by atoms with Gasteiger partial charge in [-0.15, -0.1) is 0 Å². The van der Waals surface area contributed by atoms with Gasteiger partial charge in [-0.2, -0.15) is 4.31 Å². The van der Waals surface area contributed by atoms with Crippen LogP contribution in [0.2, 0.25) is 10.0 Å². The van der Waals surface area contributed by atoms with Gasteiger partial charge in [-0.3, -0.25) is 9.59 Å². The highest BCUT2D eigenvalue weighted by Crippen LogP contribution is 2.20. The molecule has 1 N–H and O–H groups in total. The quantitative estimate of drug-likeness (QED) is 0.282. The predicted octanol–water partition coefficient (Wildman–Crippen LogP) is 5.99. The molecule has 36 heavy (non-hydrogen) atoms. The van der Waals surface area contributed by atoms with Crippen molar-refractivity contribution in [3.63, 3.8) is 0 Å². The maximum Gasteiger partial charge on any atom is 0.303 e. The van der Waals surface area contributed by atoms with E-state index in [1.807, 2.05) is 18.2 Å². The molecule has 0 unspecified atom stereocenters. The van der Waals surface area contributed by atoms with E-state index in [4.69, 9.17) is 28.3 Å². The number of ketones is 1. The number of hydrogen-bond acceptors (Lipinski definition) is 4. The molecule has 3 aromatic rings. The summed E-state index contributed by atoms with van der Waals surface area (Å²) < 4.78 is 28.1. The van der Waals surface area contributed by atoms with Crippen molar-refractivity contribution in [2.75, 3.05) is 13.1 Å². The molecule has 6 nitrogen and oxygen atoms in total. The molecule has 0 saturated carbocycles. The molecule has 0 aromatic heterocycles. The first kappa shape index (κ1) is 27.6. The molecule has 0 aliphatic carbocycles. The molecule has 0 saturated heterocycles. The Morgan fingerprint density at radius 3 is 2.00 bits per heavy atom. The highest BCUT2D eigenvalue weighted by molar-refractivity contribution is 7.89. The number of carbonyl (C=O) groups excluding carboxylic acids is 1. The highest BCUT2D eigenvalue weighted by atomic mass is 35.5. The van der Waals surface area contributed by atoms with Gasteiger partial charge < -0.3 is 5.11 Å². The van der Waals surface area contributed by atoms with Crippen molar-refractivity contribution in [1.82, 2.24) is 4.31 Å². The molecule has 0 heterocycles. The molecule has 188 valence electrons.